The maximum Gasteiger partial charge on any atom is 0.323 e. The highest BCUT2D eigenvalue weighted by atomic mass is 32.9. The summed E-state index contributed by atoms with van der Waals surface area (Å²) in [7, 11) is 3.27. The lowest BCUT2D eigenvalue weighted by atomic mass is 10.7. The highest BCUT2D eigenvalue weighted by Crippen LogP contribution is 2.44. The van der Waals surface area contributed by atoms with Gasteiger partial charge in [0.25, 0.3) is 0 Å². The molecule has 0 spiro atoms. The number of thioether (sulfide) groups is 2. The summed E-state index contributed by atoms with van der Waals surface area (Å²) in [6, 6.07) is 0. The smallest absolute Gasteiger partial charge is 0.323 e. The van der Waals surface area contributed by atoms with Crippen LogP contribution in [0, 0.1) is 0 Å². The van der Waals surface area contributed by atoms with E-state index in [1.54, 1.807) is 44.2 Å². The molecule has 1 nitrogen and oxygen atoms in total. The Labute approximate surface area is 75.9 Å². The summed E-state index contributed by atoms with van der Waals surface area (Å²) in [6.07, 6.45) is 3.95. The van der Waals surface area contributed by atoms with Gasteiger partial charge in [0.1, 0.15) is 0 Å². The van der Waals surface area contributed by atoms with Crippen LogP contribution in [0.2, 0.25) is 0 Å². The Kier molecular flexibility index (Phi) is 3.29. The molecule has 1 N–H and O–H groups in total. The van der Waals surface area contributed by atoms with Crippen LogP contribution in [0.5, 0.6) is 5.75 Å². The first-order valence-corrected chi connectivity index (χ1v) is 7.12. The molecule has 0 unspecified atom stereocenters. The van der Waals surface area contributed by atoms with Crippen molar-refractivity contribution in [3.05, 3.63) is 0 Å². The predicted octanol–water partition coefficient (Wildman–Crippen LogP) is 3.24. The first-order valence-electron chi connectivity index (χ1n) is 2.52. The van der Waals surface area contributed by atoms with E-state index in [1.165, 1.54) is 0 Å². The van der Waals surface area contributed by atoms with E-state index in [9.17, 15) is 5.11 Å². The third kappa shape index (κ3) is 1.58. The fourth-order valence-electron chi connectivity index (χ4n) is 0.499. The summed E-state index contributed by atoms with van der Waals surface area (Å²) in [5.41, 5.74) is 0. The van der Waals surface area contributed by atoms with Gasteiger partial charge in [-0.15, -0.1) is 11.8 Å². The van der Waals surface area contributed by atoms with E-state index in [0.29, 0.717) is 5.75 Å². The van der Waals surface area contributed by atoms with Crippen molar-refractivity contribution in [1.82, 2.24) is 0 Å². The Morgan fingerprint density at radius 3 is 2.40 bits per heavy atom. The molecule has 0 aromatic carbocycles. The van der Waals surface area contributed by atoms with Crippen molar-refractivity contribution >= 4 is 44.2 Å². The standard InChI is InChI=1S/C5H6OS4/c1-7-4-3(6)5(8-2)10-9-4/h1-2H3/p+1. The van der Waals surface area contributed by atoms with Crippen LogP contribution in [0.25, 0.3) is 0 Å². The van der Waals surface area contributed by atoms with Crippen molar-refractivity contribution in [2.75, 3.05) is 12.5 Å². The molecule has 0 aliphatic rings. The van der Waals surface area contributed by atoms with Crippen LogP contribution in [0.15, 0.2) is 8.42 Å². The molecule has 0 aliphatic heterocycles. The zero-order chi connectivity index (χ0) is 7.56. The fraction of sp³-hybridized carbons (Fsp3) is 0.400. The highest BCUT2D eigenvalue weighted by Gasteiger charge is 2.21. The zero-order valence-electron chi connectivity index (χ0n) is 5.58. The molecular weight excluding hydrogens is 204 g/mol. The average Bonchev–Trinajstić information content (AvgIpc) is 2.30. The molecule has 0 atom stereocenters. The molecule has 0 bridgehead atoms. The van der Waals surface area contributed by atoms with Gasteiger partial charge in [0, 0.05) is 0 Å². The van der Waals surface area contributed by atoms with E-state index >= 15 is 0 Å². The summed E-state index contributed by atoms with van der Waals surface area (Å²) in [5, 5.41) is 9.41. The molecule has 0 radical (unpaired) electrons. The second kappa shape index (κ2) is 3.80. The lowest BCUT2D eigenvalue weighted by Gasteiger charge is -1.84. The molecule has 1 rings (SSSR count). The van der Waals surface area contributed by atoms with Crippen LogP contribution in [0.1, 0.15) is 0 Å². The minimum absolute atomic E-state index is 0.468. The average molecular weight is 211 g/mol. The molecule has 5 heteroatoms. The normalized spacial score (nSPS) is 10.2. The molecule has 10 heavy (non-hydrogen) atoms. The van der Waals surface area contributed by atoms with Crippen molar-refractivity contribution in [3.63, 3.8) is 0 Å². The molecule has 0 saturated carbocycles. The van der Waals surface area contributed by atoms with Gasteiger partial charge in [0.2, 0.25) is 5.75 Å². The topological polar surface area (TPSA) is 20.2 Å². The molecule has 0 amide bonds. The van der Waals surface area contributed by atoms with Crippen LogP contribution in [-0.4, -0.2) is 17.6 Å². The molecule has 1 aromatic rings. The monoisotopic (exact) mass is 211 g/mol. The zero-order valence-corrected chi connectivity index (χ0v) is 8.85. The van der Waals surface area contributed by atoms with Crippen LogP contribution in [-0.2, 0) is 0 Å². The first-order chi connectivity index (χ1) is 4.79. The van der Waals surface area contributed by atoms with E-state index < -0.39 is 0 Å². The first kappa shape index (κ1) is 8.64. The van der Waals surface area contributed by atoms with E-state index in [0.717, 1.165) is 8.42 Å². The van der Waals surface area contributed by atoms with Crippen LogP contribution in [0.4, 0.5) is 0 Å². The molecule has 0 saturated heterocycles. The largest absolute Gasteiger partial charge is 0.501 e. The summed E-state index contributed by atoms with van der Waals surface area (Å²) in [6.45, 7) is 0. The van der Waals surface area contributed by atoms with Crippen molar-refractivity contribution < 1.29 is 5.11 Å². The Hall–Kier alpha value is 0.550. The van der Waals surface area contributed by atoms with Gasteiger partial charge in [-0.3, -0.25) is 0 Å². The van der Waals surface area contributed by atoms with E-state index in [4.69, 9.17) is 0 Å². The van der Waals surface area contributed by atoms with Gasteiger partial charge >= 0.3 is 14.5 Å². The van der Waals surface area contributed by atoms with Gasteiger partial charge < -0.3 is 5.11 Å². The van der Waals surface area contributed by atoms with Crippen LogP contribution >= 0.6 is 44.2 Å². The van der Waals surface area contributed by atoms with E-state index in [1.807, 2.05) is 12.5 Å². The maximum atomic E-state index is 9.41. The fourth-order valence-corrected chi connectivity index (χ4v) is 5.17. The maximum absolute atomic E-state index is 9.41. The third-order valence-corrected chi connectivity index (χ3v) is 6.23. The van der Waals surface area contributed by atoms with E-state index in [-0.39, 0.29) is 0 Å². The molecule has 56 valence electrons. The SMILES string of the molecule is CSc1s[s+]c(SC)c1O. The van der Waals surface area contributed by atoms with Gasteiger partial charge in [-0.05, 0) is 12.5 Å². The Balaban J connectivity index is 2.97. The molecule has 1 heterocycles. The van der Waals surface area contributed by atoms with Crippen molar-refractivity contribution in [2.24, 2.45) is 0 Å². The van der Waals surface area contributed by atoms with Crippen molar-refractivity contribution in [1.29, 1.82) is 0 Å². The van der Waals surface area contributed by atoms with E-state index in [2.05, 4.69) is 0 Å². The highest BCUT2D eigenvalue weighted by molar-refractivity contribution is 8.05. The van der Waals surface area contributed by atoms with Crippen LogP contribution in [0.3, 0.4) is 0 Å². The summed E-state index contributed by atoms with van der Waals surface area (Å²) in [5.74, 6) is 0.468. The minimum atomic E-state index is 0.468. The predicted molar refractivity (Wildman–Crippen MR) is 51.8 cm³/mol. The lowest BCUT2D eigenvalue weighted by molar-refractivity contribution is 0.457. The molecule has 0 aliphatic carbocycles. The van der Waals surface area contributed by atoms with Gasteiger partial charge in [0.05, 0.1) is 0 Å². The summed E-state index contributed by atoms with van der Waals surface area (Å²) >= 11 is 3.19. The number of aromatic hydroxyl groups is 1. The summed E-state index contributed by atoms with van der Waals surface area (Å²) in [4.78, 5) is 0. The Morgan fingerprint density at radius 1 is 1.40 bits per heavy atom. The number of hydrogen-bond donors (Lipinski definition) is 1. The Morgan fingerprint density at radius 2 is 2.10 bits per heavy atom. The molecular formula is C5H7OS4+. The number of hydrogen-bond acceptors (Lipinski definition) is 4. The number of rotatable bonds is 2. The molecule has 1 aromatic heterocycles. The van der Waals surface area contributed by atoms with Crippen molar-refractivity contribution in [3.8, 4) is 5.75 Å². The lowest BCUT2D eigenvalue weighted by Crippen LogP contribution is -1.62. The van der Waals surface area contributed by atoms with Gasteiger partial charge in [-0.25, -0.2) is 0 Å². The van der Waals surface area contributed by atoms with Crippen LogP contribution < -0.4 is 0 Å². The van der Waals surface area contributed by atoms with Gasteiger partial charge in [-0.2, -0.15) is 0 Å². The minimum Gasteiger partial charge on any atom is -0.501 e. The second-order valence-electron chi connectivity index (χ2n) is 1.50. The second-order valence-corrected chi connectivity index (χ2v) is 5.80. The van der Waals surface area contributed by atoms with Gasteiger partial charge in [0.15, 0.2) is 14.5 Å². The summed E-state index contributed by atoms with van der Waals surface area (Å²) < 4.78 is 2.05. The Bertz CT molecular complexity index is 198. The van der Waals surface area contributed by atoms with Gasteiger partial charge in [-0.1, -0.05) is 11.8 Å². The quantitative estimate of drug-likeness (QED) is 0.461. The third-order valence-electron chi connectivity index (χ3n) is 0.951. The molecule has 0 fully saturated rings. The van der Waals surface area contributed by atoms with Crippen molar-refractivity contribution in [2.45, 2.75) is 8.42 Å².